The van der Waals surface area contributed by atoms with Crippen molar-refractivity contribution in [2.75, 3.05) is 14.2 Å². The molecule has 0 amide bonds. The van der Waals surface area contributed by atoms with Crippen LogP contribution in [0, 0.1) is 0 Å². The molecule has 0 aliphatic carbocycles. The van der Waals surface area contributed by atoms with E-state index in [1.807, 2.05) is 0 Å². The SMILES string of the molecule is C=COc1c(OC)cc(C(=O)O)cc1OC. The second-order valence-electron chi connectivity index (χ2n) is 2.80. The Morgan fingerprint density at radius 3 is 2.12 bits per heavy atom. The molecule has 5 heteroatoms. The summed E-state index contributed by atoms with van der Waals surface area (Å²) in [7, 11) is 2.83. The molecule has 0 aliphatic rings. The molecule has 0 aromatic heterocycles. The minimum absolute atomic E-state index is 0.0603. The third kappa shape index (κ3) is 2.25. The third-order valence-corrected chi connectivity index (χ3v) is 1.91. The maximum atomic E-state index is 10.8. The summed E-state index contributed by atoms with van der Waals surface area (Å²) in [5.41, 5.74) is 0.0603. The Morgan fingerprint density at radius 2 is 1.81 bits per heavy atom. The van der Waals surface area contributed by atoms with Crippen molar-refractivity contribution in [1.82, 2.24) is 0 Å². The van der Waals surface area contributed by atoms with Gasteiger partial charge in [-0.3, -0.25) is 0 Å². The lowest BCUT2D eigenvalue weighted by Crippen LogP contribution is -2.00. The molecule has 1 rings (SSSR count). The van der Waals surface area contributed by atoms with Gasteiger partial charge in [0.05, 0.1) is 26.0 Å². The van der Waals surface area contributed by atoms with Crippen LogP contribution < -0.4 is 14.2 Å². The van der Waals surface area contributed by atoms with Crippen molar-refractivity contribution < 1.29 is 24.1 Å². The van der Waals surface area contributed by atoms with Crippen LogP contribution in [0.2, 0.25) is 0 Å². The normalized spacial score (nSPS) is 9.38. The van der Waals surface area contributed by atoms with E-state index in [2.05, 4.69) is 6.58 Å². The third-order valence-electron chi connectivity index (χ3n) is 1.91. The number of ether oxygens (including phenoxy) is 3. The quantitative estimate of drug-likeness (QED) is 0.774. The zero-order chi connectivity index (χ0) is 12.1. The fourth-order valence-corrected chi connectivity index (χ4v) is 1.20. The van der Waals surface area contributed by atoms with Crippen molar-refractivity contribution in [3.05, 3.63) is 30.5 Å². The number of methoxy groups -OCH3 is 2. The first-order valence-corrected chi connectivity index (χ1v) is 4.41. The van der Waals surface area contributed by atoms with Crippen LogP contribution in [-0.4, -0.2) is 25.3 Å². The molecule has 0 atom stereocenters. The largest absolute Gasteiger partial charge is 0.493 e. The molecule has 0 spiro atoms. The lowest BCUT2D eigenvalue weighted by molar-refractivity contribution is 0.0696. The molecule has 0 unspecified atom stereocenters. The second kappa shape index (κ2) is 5.06. The number of hydrogen-bond acceptors (Lipinski definition) is 4. The maximum Gasteiger partial charge on any atom is 0.335 e. The molecule has 1 aromatic rings. The Balaban J connectivity index is 3.35. The summed E-state index contributed by atoms with van der Waals surface area (Å²) >= 11 is 0. The zero-order valence-electron chi connectivity index (χ0n) is 9.02. The van der Waals surface area contributed by atoms with Crippen LogP contribution in [0.1, 0.15) is 10.4 Å². The van der Waals surface area contributed by atoms with E-state index in [1.165, 1.54) is 32.6 Å². The van der Waals surface area contributed by atoms with E-state index in [9.17, 15) is 4.79 Å². The van der Waals surface area contributed by atoms with E-state index in [-0.39, 0.29) is 17.1 Å². The van der Waals surface area contributed by atoms with Gasteiger partial charge in [0.1, 0.15) is 0 Å². The van der Waals surface area contributed by atoms with E-state index in [4.69, 9.17) is 19.3 Å². The highest BCUT2D eigenvalue weighted by atomic mass is 16.5. The lowest BCUT2D eigenvalue weighted by atomic mass is 10.2. The van der Waals surface area contributed by atoms with Gasteiger partial charge in [-0.25, -0.2) is 4.79 Å². The van der Waals surface area contributed by atoms with Crippen LogP contribution in [0.5, 0.6) is 17.2 Å². The van der Waals surface area contributed by atoms with Gasteiger partial charge in [-0.2, -0.15) is 0 Å². The first kappa shape index (κ1) is 11.9. The van der Waals surface area contributed by atoms with Gasteiger partial charge in [-0.1, -0.05) is 6.58 Å². The van der Waals surface area contributed by atoms with Gasteiger partial charge in [0, 0.05) is 0 Å². The molecule has 0 saturated heterocycles. The van der Waals surface area contributed by atoms with Crippen LogP contribution in [-0.2, 0) is 0 Å². The average molecular weight is 224 g/mol. The molecule has 0 aliphatic heterocycles. The molecule has 86 valence electrons. The Hall–Kier alpha value is -2.17. The van der Waals surface area contributed by atoms with Crippen LogP contribution in [0.25, 0.3) is 0 Å². The van der Waals surface area contributed by atoms with Crippen molar-refractivity contribution in [2.24, 2.45) is 0 Å². The Kier molecular flexibility index (Phi) is 3.77. The van der Waals surface area contributed by atoms with Gasteiger partial charge < -0.3 is 19.3 Å². The molecule has 0 fully saturated rings. The smallest absolute Gasteiger partial charge is 0.335 e. The number of hydrogen-bond donors (Lipinski definition) is 1. The molecule has 16 heavy (non-hydrogen) atoms. The minimum Gasteiger partial charge on any atom is -0.493 e. The van der Waals surface area contributed by atoms with Crippen LogP contribution in [0.4, 0.5) is 0 Å². The van der Waals surface area contributed by atoms with E-state index in [0.717, 1.165) is 0 Å². The molecule has 1 N–H and O–H groups in total. The van der Waals surface area contributed by atoms with E-state index in [0.29, 0.717) is 5.75 Å². The summed E-state index contributed by atoms with van der Waals surface area (Å²) in [5, 5.41) is 8.87. The van der Waals surface area contributed by atoms with Crippen LogP contribution in [0.3, 0.4) is 0 Å². The summed E-state index contributed by atoms with van der Waals surface area (Å²) in [6, 6.07) is 2.70. The number of aromatic carboxylic acids is 1. The van der Waals surface area contributed by atoms with Crippen molar-refractivity contribution in [3.8, 4) is 17.2 Å². The molecule has 0 saturated carbocycles. The van der Waals surface area contributed by atoms with Gasteiger partial charge in [0.25, 0.3) is 0 Å². The van der Waals surface area contributed by atoms with E-state index >= 15 is 0 Å². The highest BCUT2D eigenvalue weighted by molar-refractivity contribution is 5.89. The summed E-state index contributed by atoms with van der Waals surface area (Å²) < 4.78 is 15.1. The Labute approximate surface area is 92.9 Å². The molecule has 1 aromatic carbocycles. The lowest BCUT2D eigenvalue weighted by Gasteiger charge is -2.12. The van der Waals surface area contributed by atoms with Gasteiger partial charge in [0.2, 0.25) is 5.75 Å². The molecular formula is C11H12O5. The summed E-state index contributed by atoms with van der Waals surface area (Å²) in [4.78, 5) is 10.8. The summed E-state index contributed by atoms with van der Waals surface area (Å²) in [6.07, 6.45) is 1.21. The van der Waals surface area contributed by atoms with Crippen molar-refractivity contribution in [3.63, 3.8) is 0 Å². The topological polar surface area (TPSA) is 65.0 Å². The van der Waals surface area contributed by atoms with Gasteiger partial charge in [0.15, 0.2) is 11.5 Å². The van der Waals surface area contributed by atoms with Crippen LogP contribution >= 0.6 is 0 Å². The standard InChI is InChI=1S/C11H12O5/c1-4-16-10-8(14-2)5-7(11(12)13)6-9(10)15-3/h4-6H,1H2,2-3H3,(H,12,13). The minimum atomic E-state index is -1.07. The maximum absolute atomic E-state index is 10.8. The highest BCUT2D eigenvalue weighted by Gasteiger charge is 2.16. The number of carboxylic acids is 1. The number of carbonyl (C=O) groups is 1. The average Bonchev–Trinajstić information content (AvgIpc) is 2.29. The van der Waals surface area contributed by atoms with Crippen molar-refractivity contribution in [1.29, 1.82) is 0 Å². The fraction of sp³-hybridized carbons (Fsp3) is 0.182. The van der Waals surface area contributed by atoms with Gasteiger partial charge >= 0.3 is 5.97 Å². The highest BCUT2D eigenvalue weighted by Crippen LogP contribution is 2.38. The molecule has 0 heterocycles. The number of benzene rings is 1. The van der Waals surface area contributed by atoms with Gasteiger partial charge in [-0.15, -0.1) is 0 Å². The van der Waals surface area contributed by atoms with E-state index < -0.39 is 5.97 Å². The monoisotopic (exact) mass is 224 g/mol. The van der Waals surface area contributed by atoms with E-state index in [1.54, 1.807) is 0 Å². The molecule has 5 nitrogen and oxygen atoms in total. The van der Waals surface area contributed by atoms with Crippen LogP contribution in [0.15, 0.2) is 25.0 Å². The fourth-order valence-electron chi connectivity index (χ4n) is 1.20. The first-order valence-electron chi connectivity index (χ1n) is 4.41. The predicted molar refractivity (Wildman–Crippen MR) is 57.3 cm³/mol. The number of rotatable bonds is 5. The molecule has 0 bridgehead atoms. The summed E-state index contributed by atoms with van der Waals surface area (Å²) in [5.74, 6) is -0.222. The zero-order valence-corrected chi connectivity index (χ0v) is 9.02. The summed E-state index contributed by atoms with van der Waals surface area (Å²) in [6.45, 7) is 3.41. The number of carboxylic acid groups (broad SMARTS) is 1. The van der Waals surface area contributed by atoms with Crippen molar-refractivity contribution >= 4 is 5.97 Å². The Morgan fingerprint density at radius 1 is 1.31 bits per heavy atom. The first-order chi connectivity index (χ1) is 7.63. The predicted octanol–water partition coefficient (Wildman–Crippen LogP) is 1.92. The molecular weight excluding hydrogens is 212 g/mol. The Bertz CT molecular complexity index is 386. The second-order valence-corrected chi connectivity index (χ2v) is 2.80. The molecule has 0 radical (unpaired) electrons. The van der Waals surface area contributed by atoms with Gasteiger partial charge in [-0.05, 0) is 12.1 Å². The van der Waals surface area contributed by atoms with Crippen molar-refractivity contribution in [2.45, 2.75) is 0 Å².